The van der Waals surface area contributed by atoms with Crippen LogP contribution in [0.15, 0.2) is 5.18 Å². The molecule has 92 valence electrons. The van der Waals surface area contributed by atoms with Crippen molar-refractivity contribution in [1.82, 2.24) is 10.2 Å². The Kier molecular flexibility index (Phi) is 4.22. The molecule has 0 radical (unpaired) electrons. The van der Waals surface area contributed by atoms with Crippen LogP contribution in [0.25, 0.3) is 0 Å². The van der Waals surface area contributed by atoms with E-state index in [0.717, 1.165) is 32.7 Å². The lowest BCUT2D eigenvalue weighted by Crippen LogP contribution is -2.51. The number of nitrogens with zero attached hydrogens (tertiary/aromatic N) is 2. The van der Waals surface area contributed by atoms with Gasteiger partial charge in [-0.3, -0.25) is 4.90 Å². The Hall–Kier alpha value is -0.560. The fourth-order valence-corrected chi connectivity index (χ4v) is 2.24. The van der Waals surface area contributed by atoms with Crippen LogP contribution in [0, 0.1) is 4.91 Å². The highest BCUT2D eigenvalue weighted by atomic mass is 16.5. The first-order valence-corrected chi connectivity index (χ1v) is 5.85. The number of piperazine rings is 1. The minimum atomic E-state index is -0.564. The summed E-state index contributed by atoms with van der Waals surface area (Å²) < 4.78 is 5.49. The van der Waals surface area contributed by atoms with Crippen molar-refractivity contribution in [2.75, 3.05) is 39.3 Å². The van der Waals surface area contributed by atoms with E-state index in [4.69, 9.17) is 4.74 Å². The summed E-state index contributed by atoms with van der Waals surface area (Å²) in [6, 6.07) is -0.380. The van der Waals surface area contributed by atoms with E-state index in [9.17, 15) is 10.0 Å². The van der Waals surface area contributed by atoms with Crippen molar-refractivity contribution >= 4 is 0 Å². The first-order valence-electron chi connectivity index (χ1n) is 5.85. The van der Waals surface area contributed by atoms with Gasteiger partial charge in [-0.05, 0) is 0 Å². The summed E-state index contributed by atoms with van der Waals surface area (Å²) in [5, 5.41) is 16.0. The van der Waals surface area contributed by atoms with Crippen LogP contribution in [0.5, 0.6) is 0 Å². The van der Waals surface area contributed by atoms with Gasteiger partial charge in [0.2, 0.25) is 0 Å². The van der Waals surface area contributed by atoms with Gasteiger partial charge in [0, 0.05) is 39.1 Å². The molecular weight excluding hydrogens is 210 g/mol. The van der Waals surface area contributed by atoms with Crippen molar-refractivity contribution in [2.45, 2.75) is 24.7 Å². The molecule has 2 N–H and O–H groups in total. The van der Waals surface area contributed by atoms with Gasteiger partial charge in [0.15, 0.2) is 0 Å². The molecule has 16 heavy (non-hydrogen) atoms. The molecule has 0 aromatic rings. The Morgan fingerprint density at radius 1 is 1.44 bits per heavy atom. The molecule has 3 unspecified atom stereocenters. The van der Waals surface area contributed by atoms with Crippen LogP contribution >= 0.6 is 0 Å². The van der Waals surface area contributed by atoms with E-state index < -0.39 is 6.10 Å². The molecule has 3 atom stereocenters. The molecule has 0 aromatic heterocycles. The van der Waals surface area contributed by atoms with Crippen LogP contribution in [-0.2, 0) is 4.74 Å². The van der Waals surface area contributed by atoms with Crippen LogP contribution in [0.3, 0.4) is 0 Å². The van der Waals surface area contributed by atoms with E-state index in [1.165, 1.54) is 0 Å². The number of ether oxygens (including phenoxy) is 1. The zero-order chi connectivity index (χ0) is 11.4. The van der Waals surface area contributed by atoms with Gasteiger partial charge >= 0.3 is 0 Å². The highest BCUT2D eigenvalue weighted by Gasteiger charge is 2.31. The van der Waals surface area contributed by atoms with Gasteiger partial charge in [0.25, 0.3) is 0 Å². The third-order valence-electron chi connectivity index (χ3n) is 3.24. The number of nitroso groups, excluding NO2 is 1. The molecule has 2 heterocycles. The summed E-state index contributed by atoms with van der Waals surface area (Å²) in [4.78, 5) is 12.6. The molecule has 2 saturated heterocycles. The number of aliphatic hydroxyl groups excluding tert-OH is 1. The summed E-state index contributed by atoms with van der Waals surface area (Å²) in [6.07, 6.45) is -0.303. The molecule has 0 bridgehead atoms. The fraction of sp³-hybridized carbons (Fsp3) is 1.00. The first-order chi connectivity index (χ1) is 7.79. The summed E-state index contributed by atoms with van der Waals surface area (Å²) in [6.45, 7) is 5.04. The lowest BCUT2D eigenvalue weighted by atomic mass is 10.0. The summed E-state index contributed by atoms with van der Waals surface area (Å²) in [5.74, 6) is 0. The van der Waals surface area contributed by atoms with E-state index >= 15 is 0 Å². The smallest absolute Gasteiger partial charge is 0.118 e. The average Bonchev–Trinajstić information content (AvgIpc) is 2.33. The van der Waals surface area contributed by atoms with Gasteiger partial charge in [-0.15, -0.1) is 0 Å². The maximum Gasteiger partial charge on any atom is 0.118 e. The van der Waals surface area contributed by atoms with Crippen molar-refractivity contribution in [1.29, 1.82) is 0 Å². The topological polar surface area (TPSA) is 74.2 Å². The number of aliphatic hydroxyl groups is 1. The van der Waals surface area contributed by atoms with E-state index in [1.807, 2.05) is 0 Å². The van der Waals surface area contributed by atoms with Crippen molar-refractivity contribution in [2.24, 2.45) is 5.18 Å². The van der Waals surface area contributed by atoms with Gasteiger partial charge < -0.3 is 15.2 Å². The molecule has 2 aliphatic heterocycles. The quantitative estimate of drug-likeness (QED) is 0.618. The Bertz CT molecular complexity index is 233. The van der Waals surface area contributed by atoms with Gasteiger partial charge in [0.1, 0.15) is 6.04 Å². The Morgan fingerprint density at radius 2 is 2.19 bits per heavy atom. The zero-order valence-corrected chi connectivity index (χ0v) is 9.34. The van der Waals surface area contributed by atoms with E-state index in [2.05, 4.69) is 15.4 Å². The monoisotopic (exact) mass is 229 g/mol. The van der Waals surface area contributed by atoms with Gasteiger partial charge in [0.05, 0.1) is 18.8 Å². The lowest BCUT2D eigenvalue weighted by Gasteiger charge is -2.35. The molecule has 0 aromatic carbocycles. The third kappa shape index (κ3) is 2.98. The number of hydrogen-bond acceptors (Lipinski definition) is 6. The van der Waals surface area contributed by atoms with E-state index in [-0.39, 0.29) is 12.1 Å². The van der Waals surface area contributed by atoms with Crippen LogP contribution in [-0.4, -0.2) is 67.6 Å². The number of hydrogen-bond donors (Lipinski definition) is 2. The predicted octanol–water partition coefficient (Wildman–Crippen LogP) is -0.824. The molecule has 0 amide bonds. The fourth-order valence-electron chi connectivity index (χ4n) is 2.24. The molecule has 6 nitrogen and oxygen atoms in total. The third-order valence-corrected chi connectivity index (χ3v) is 3.24. The maximum atomic E-state index is 10.3. The molecule has 2 aliphatic rings. The average molecular weight is 229 g/mol. The second kappa shape index (κ2) is 5.67. The normalized spacial score (nSPS) is 37.2. The molecule has 0 saturated carbocycles. The Labute approximate surface area is 94.9 Å². The van der Waals surface area contributed by atoms with Gasteiger partial charge in [-0.25, -0.2) is 0 Å². The summed E-state index contributed by atoms with van der Waals surface area (Å²) >= 11 is 0. The minimum Gasteiger partial charge on any atom is -0.390 e. The lowest BCUT2D eigenvalue weighted by molar-refractivity contribution is -0.0933. The van der Waals surface area contributed by atoms with E-state index in [1.54, 1.807) is 0 Å². The molecular formula is C10H19N3O3. The second-order valence-corrected chi connectivity index (χ2v) is 4.48. The van der Waals surface area contributed by atoms with Crippen molar-refractivity contribution in [3.63, 3.8) is 0 Å². The van der Waals surface area contributed by atoms with Gasteiger partial charge in [-0.2, -0.15) is 4.91 Å². The highest BCUT2D eigenvalue weighted by Crippen LogP contribution is 2.17. The van der Waals surface area contributed by atoms with Gasteiger partial charge in [-0.1, -0.05) is 5.18 Å². The summed E-state index contributed by atoms with van der Waals surface area (Å²) in [5.41, 5.74) is 0. The number of nitrogens with one attached hydrogen (secondary N) is 1. The predicted molar refractivity (Wildman–Crippen MR) is 59.3 cm³/mol. The molecule has 6 heteroatoms. The molecule has 2 fully saturated rings. The minimum absolute atomic E-state index is 0.170. The second-order valence-electron chi connectivity index (χ2n) is 4.48. The SMILES string of the molecule is O=NC1COC(CN2CCNCC2)C(O)C1. The first kappa shape index (κ1) is 11.9. The van der Waals surface area contributed by atoms with Crippen LogP contribution in [0.2, 0.25) is 0 Å². The summed E-state index contributed by atoms with van der Waals surface area (Å²) in [7, 11) is 0. The van der Waals surface area contributed by atoms with Crippen LogP contribution in [0.1, 0.15) is 6.42 Å². The standard InChI is InChI=1S/C10H19N3O3/c14-9-5-8(12-15)7-16-10(9)6-13-3-1-11-2-4-13/h8-11,14H,1-7H2. The van der Waals surface area contributed by atoms with Crippen molar-refractivity contribution < 1.29 is 9.84 Å². The number of rotatable bonds is 3. The molecule has 0 aliphatic carbocycles. The van der Waals surface area contributed by atoms with Crippen molar-refractivity contribution in [3.8, 4) is 0 Å². The van der Waals surface area contributed by atoms with Crippen LogP contribution in [0.4, 0.5) is 0 Å². The van der Waals surface area contributed by atoms with E-state index in [0.29, 0.717) is 13.0 Å². The largest absolute Gasteiger partial charge is 0.390 e. The Balaban J connectivity index is 1.78. The van der Waals surface area contributed by atoms with Crippen molar-refractivity contribution in [3.05, 3.63) is 4.91 Å². The molecule has 2 rings (SSSR count). The highest BCUT2D eigenvalue weighted by molar-refractivity contribution is 4.84. The maximum absolute atomic E-state index is 10.3. The molecule has 0 spiro atoms. The Morgan fingerprint density at radius 3 is 2.81 bits per heavy atom. The zero-order valence-electron chi connectivity index (χ0n) is 9.34. The van der Waals surface area contributed by atoms with Crippen LogP contribution < -0.4 is 5.32 Å².